The lowest BCUT2D eigenvalue weighted by Gasteiger charge is -2.05. The molecule has 0 aliphatic rings. The molecule has 1 aromatic carbocycles. The number of H-pyrrole nitrogens is 1. The van der Waals surface area contributed by atoms with Crippen molar-refractivity contribution in [1.82, 2.24) is 19.9 Å². The van der Waals surface area contributed by atoms with Crippen molar-refractivity contribution in [1.29, 1.82) is 0 Å². The van der Waals surface area contributed by atoms with Crippen molar-refractivity contribution >= 4 is 34.5 Å². The number of amides is 2. The molecule has 0 aliphatic carbocycles. The summed E-state index contributed by atoms with van der Waals surface area (Å²) in [7, 11) is 0. The molecule has 0 atom stereocenters. The maximum absolute atomic E-state index is 12.2. The first-order chi connectivity index (χ1) is 12.2. The predicted molar refractivity (Wildman–Crippen MR) is 88.2 cm³/mol. The first kappa shape index (κ1) is 17.0. The van der Waals surface area contributed by atoms with Crippen molar-refractivity contribution in [2.24, 2.45) is 5.73 Å². The van der Waals surface area contributed by atoms with Gasteiger partial charge in [-0.2, -0.15) is 0 Å². The summed E-state index contributed by atoms with van der Waals surface area (Å²) in [6.45, 7) is 0.880. The maximum Gasteiger partial charge on any atom is 0.322 e. The number of carbonyl (C=O) groups is 3. The van der Waals surface area contributed by atoms with E-state index in [-0.39, 0.29) is 11.2 Å². The minimum Gasteiger partial charge on any atom is -0.504 e. The first-order valence-corrected chi connectivity index (χ1v) is 7.29. The Morgan fingerprint density at radius 2 is 2.04 bits per heavy atom. The molecule has 6 N–H and O–H groups in total. The van der Waals surface area contributed by atoms with Gasteiger partial charge < -0.3 is 21.3 Å². The van der Waals surface area contributed by atoms with Gasteiger partial charge in [0.2, 0.25) is 5.91 Å². The maximum atomic E-state index is 12.2. The lowest BCUT2D eigenvalue weighted by molar-refractivity contribution is -0.135. The van der Waals surface area contributed by atoms with Crippen LogP contribution >= 0.6 is 0 Å². The van der Waals surface area contributed by atoms with Crippen molar-refractivity contribution in [3.63, 3.8) is 0 Å². The number of hydrogen-bond donors (Lipinski definition) is 5. The van der Waals surface area contributed by atoms with Gasteiger partial charge in [-0.15, -0.1) is 0 Å². The highest BCUT2D eigenvalue weighted by molar-refractivity contribution is 6.02. The quantitative estimate of drug-likeness (QED) is 0.400. The van der Waals surface area contributed by atoms with E-state index in [1.54, 1.807) is 6.92 Å². The highest BCUT2D eigenvalue weighted by Gasteiger charge is 2.23. The second-order valence-electron chi connectivity index (χ2n) is 5.48. The van der Waals surface area contributed by atoms with Crippen LogP contribution in [0, 0.1) is 6.92 Å². The van der Waals surface area contributed by atoms with Crippen LogP contribution in [0.15, 0.2) is 16.9 Å². The zero-order valence-electron chi connectivity index (χ0n) is 13.4. The summed E-state index contributed by atoms with van der Waals surface area (Å²) in [5.41, 5.74) is 4.91. The number of carboxylic acid groups (broad SMARTS) is 1. The van der Waals surface area contributed by atoms with Crippen LogP contribution in [0.3, 0.4) is 0 Å². The molecule has 11 nitrogen and oxygen atoms in total. The predicted octanol–water partition coefficient (Wildman–Crippen LogP) is -0.897. The van der Waals surface area contributed by atoms with Gasteiger partial charge in [0.05, 0.1) is 11.0 Å². The third-order valence-corrected chi connectivity index (χ3v) is 3.86. The standard InChI is InChI=1S/C15H13N5O6/c1-5-6(12(16)24)2-3-7-10(5)18-13-11(23)9(15(26)19-20(7)13)14(25)17-4-8(21)22/h2-3,23H,4H2,1H3,(H2,16,24)(H,17,25)(H,19,26)(H,21,22). The minimum atomic E-state index is -1.31. The van der Waals surface area contributed by atoms with E-state index in [1.807, 2.05) is 5.32 Å². The molecule has 11 heteroatoms. The van der Waals surface area contributed by atoms with Crippen LogP contribution in [0.2, 0.25) is 0 Å². The Balaban J connectivity index is 2.26. The molecule has 0 spiro atoms. The van der Waals surface area contributed by atoms with E-state index in [2.05, 4.69) is 10.1 Å². The minimum absolute atomic E-state index is 0.134. The molecule has 0 unspecified atom stereocenters. The summed E-state index contributed by atoms with van der Waals surface area (Å²) < 4.78 is 1.17. The van der Waals surface area contributed by atoms with E-state index in [1.165, 1.54) is 16.6 Å². The van der Waals surface area contributed by atoms with E-state index < -0.39 is 41.2 Å². The van der Waals surface area contributed by atoms with Crippen LogP contribution in [-0.4, -0.2) is 49.1 Å². The Morgan fingerprint density at radius 1 is 1.35 bits per heavy atom. The van der Waals surface area contributed by atoms with Crippen LogP contribution < -0.4 is 16.6 Å². The average Bonchev–Trinajstić information content (AvgIpc) is 2.93. The van der Waals surface area contributed by atoms with Gasteiger partial charge in [0.1, 0.15) is 6.54 Å². The fraction of sp³-hybridized carbons (Fsp3) is 0.133. The molecule has 0 saturated heterocycles. The number of aromatic hydroxyl groups is 1. The first-order valence-electron chi connectivity index (χ1n) is 7.29. The third-order valence-electron chi connectivity index (χ3n) is 3.86. The van der Waals surface area contributed by atoms with E-state index >= 15 is 0 Å². The molecule has 0 radical (unpaired) electrons. The Kier molecular flexibility index (Phi) is 3.83. The molecule has 3 rings (SSSR count). The topological polar surface area (TPSA) is 180 Å². The number of nitrogens with two attached hydrogens (primary N) is 1. The molecule has 2 aromatic heterocycles. The van der Waals surface area contributed by atoms with E-state index in [0.29, 0.717) is 16.6 Å². The third kappa shape index (κ3) is 2.51. The van der Waals surface area contributed by atoms with Crippen molar-refractivity contribution in [2.75, 3.05) is 6.54 Å². The van der Waals surface area contributed by atoms with Gasteiger partial charge in [0, 0.05) is 5.56 Å². The van der Waals surface area contributed by atoms with Crippen molar-refractivity contribution in [2.45, 2.75) is 6.92 Å². The highest BCUT2D eigenvalue weighted by Crippen LogP contribution is 2.27. The number of nitrogens with one attached hydrogen (secondary N) is 2. The van der Waals surface area contributed by atoms with Gasteiger partial charge in [-0.1, -0.05) is 0 Å². The van der Waals surface area contributed by atoms with Crippen molar-refractivity contribution in [3.05, 3.63) is 39.2 Å². The monoisotopic (exact) mass is 359 g/mol. The number of primary amides is 1. The van der Waals surface area contributed by atoms with E-state index in [4.69, 9.17) is 10.8 Å². The van der Waals surface area contributed by atoms with Crippen LogP contribution in [0.25, 0.3) is 16.7 Å². The molecule has 0 bridgehead atoms. The summed E-state index contributed by atoms with van der Waals surface area (Å²) in [5, 5.41) is 23.3. The second-order valence-corrected chi connectivity index (χ2v) is 5.48. The van der Waals surface area contributed by atoms with Crippen molar-refractivity contribution in [3.8, 4) is 5.75 Å². The smallest absolute Gasteiger partial charge is 0.322 e. The Hall–Kier alpha value is -3.89. The Bertz CT molecular complexity index is 1160. The number of carboxylic acids is 1. The molecular weight excluding hydrogens is 346 g/mol. The molecule has 26 heavy (non-hydrogen) atoms. The highest BCUT2D eigenvalue weighted by atomic mass is 16.4. The summed E-state index contributed by atoms with van der Waals surface area (Å²) in [4.78, 5) is 50.4. The summed E-state index contributed by atoms with van der Waals surface area (Å²) in [5.74, 6) is -3.74. The SMILES string of the molecule is Cc1c(C(N)=O)ccc2c1nc1c(O)c(C(=O)NCC(=O)O)c(=O)[nH]n12. The Labute approximate surface area is 144 Å². The van der Waals surface area contributed by atoms with Crippen LogP contribution in [0.1, 0.15) is 26.3 Å². The average molecular weight is 359 g/mol. The van der Waals surface area contributed by atoms with E-state index in [9.17, 15) is 24.3 Å². The number of hydrogen-bond acceptors (Lipinski definition) is 6. The molecule has 134 valence electrons. The number of benzene rings is 1. The van der Waals surface area contributed by atoms with Gasteiger partial charge >= 0.3 is 5.97 Å². The summed E-state index contributed by atoms with van der Waals surface area (Å²) >= 11 is 0. The molecular formula is C15H13N5O6. The van der Waals surface area contributed by atoms with Crippen molar-refractivity contribution < 1.29 is 24.6 Å². The zero-order chi connectivity index (χ0) is 19.2. The number of rotatable bonds is 4. The second kappa shape index (κ2) is 5.88. The number of fused-ring (bicyclic) bond motifs is 3. The lowest BCUT2D eigenvalue weighted by atomic mass is 10.1. The lowest BCUT2D eigenvalue weighted by Crippen LogP contribution is -2.34. The number of nitrogens with zero attached hydrogens (tertiary/aromatic N) is 2. The van der Waals surface area contributed by atoms with Gasteiger partial charge in [-0.3, -0.25) is 24.3 Å². The number of aryl methyl sites for hydroxylation is 1. The normalized spacial score (nSPS) is 11.0. The van der Waals surface area contributed by atoms with Gasteiger partial charge in [-0.25, -0.2) is 9.50 Å². The van der Waals surface area contributed by atoms with Gasteiger partial charge in [0.25, 0.3) is 11.5 Å². The van der Waals surface area contributed by atoms with Gasteiger partial charge in [-0.05, 0) is 24.6 Å². The molecule has 3 aromatic rings. The number of aromatic amines is 1. The fourth-order valence-corrected chi connectivity index (χ4v) is 2.65. The summed E-state index contributed by atoms with van der Waals surface area (Å²) in [6.07, 6.45) is 0. The number of aliphatic carboxylic acids is 1. The van der Waals surface area contributed by atoms with Gasteiger partial charge in [0.15, 0.2) is 17.0 Å². The Morgan fingerprint density at radius 3 is 2.65 bits per heavy atom. The molecule has 0 fully saturated rings. The van der Waals surface area contributed by atoms with E-state index in [0.717, 1.165) is 0 Å². The number of carbonyl (C=O) groups excluding carboxylic acids is 2. The fourth-order valence-electron chi connectivity index (χ4n) is 2.65. The van der Waals surface area contributed by atoms with Crippen LogP contribution in [-0.2, 0) is 4.79 Å². The largest absolute Gasteiger partial charge is 0.504 e. The number of imidazole rings is 1. The molecule has 2 amide bonds. The van der Waals surface area contributed by atoms with Crippen LogP contribution in [0.5, 0.6) is 5.75 Å². The zero-order valence-corrected chi connectivity index (χ0v) is 13.4. The molecule has 0 saturated carbocycles. The van der Waals surface area contributed by atoms with Crippen LogP contribution in [0.4, 0.5) is 0 Å². The summed E-state index contributed by atoms with van der Waals surface area (Å²) in [6, 6.07) is 2.94. The molecule has 2 heterocycles. The number of aromatic nitrogens is 3. The molecule has 0 aliphatic heterocycles.